The zero-order chi connectivity index (χ0) is 15.2. The number of aromatic nitrogens is 2. The van der Waals surface area contributed by atoms with Crippen molar-refractivity contribution in [2.75, 3.05) is 6.54 Å². The fourth-order valence-corrected chi connectivity index (χ4v) is 2.45. The lowest BCUT2D eigenvalue weighted by Crippen LogP contribution is -2.29. The van der Waals surface area contributed by atoms with Crippen molar-refractivity contribution in [3.05, 3.63) is 53.1 Å². The third-order valence-electron chi connectivity index (χ3n) is 3.40. The van der Waals surface area contributed by atoms with Gasteiger partial charge in [0.1, 0.15) is 5.82 Å². The molecule has 0 radical (unpaired) electrons. The van der Waals surface area contributed by atoms with Crippen molar-refractivity contribution in [2.45, 2.75) is 33.4 Å². The fraction of sp³-hybridized carbons (Fsp3) is 0.375. The standard InChI is InChI=1S/C16H21N3O2/c1-3-13-6-4-5-7-14(13)9-19(11-16(20)21)10-15-8-17-12(2)18-15/h4-8H,3,9-11H2,1-2H3,(H,17,18)(H,20,21). The van der Waals surface area contributed by atoms with E-state index in [-0.39, 0.29) is 6.54 Å². The van der Waals surface area contributed by atoms with Crippen LogP contribution in [0.3, 0.4) is 0 Å². The molecule has 0 saturated carbocycles. The van der Waals surface area contributed by atoms with Crippen molar-refractivity contribution in [2.24, 2.45) is 0 Å². The van der Waals surface area contributed by atoms with E-state index in [0.29, 0.717) is 13.1 Å². The van der Waals surface area contributed by atoms with Gasteiger partial charge >= 0.3 is 5.97 Å². The first-order chi connectivity index (χ1) is 10.1. The number of hydrogen-bond donors (Lipinski definition) is 2. The first-order valence-electron chi connectivity index (χ1n) is 7.10. The van der Waals surface area contributed by atoms with E-state index in [0.717, 1.165) is 17.9 Å². The average molecular weight is 287 g/mol. The van der Waals surface area contributed by atoms with Crippen LogP contribution in [-0.2, 0) is 24.3 Å². The molecule has 0 bridgehead atoms. The summed E-state index contributed by atoms with van der Waals surface area (Å²) in [6, 6.07) is 8.16. The number of aryl methyl sites for hydroxylation is 2. The van der Waals surface area contributed by atoms with E-state index >= 15 is 0 Å². The number of carboxylic acid groups (broad SMARTS) is 1. The predicted molar refractivity (Wildman–Crippen MR) is 80.9 cm³/mol. The lowest BCUT2D eigenvalue weighted by atomic mass is 10.0. The van der Waals surface area contributed by atoms with Crippen molar-refractivity contribution >= 4 is 5.97 Å². The van der Waals surface area contributed by atoms with Crippen molar-refractivity contribution < 1.29 is 9.90 Å². The summed E-state index contributed by atoms with van der Waals surface area (Å²) in [6.45, 7) is 5.17. The molecular formula is C16H21N3O2. The third kappa shape index (κ3) is 4.43. The molecule has 0 atom stereocenters. The maximum atomic E-state index is 11.1. The number of aromatic amines is 1. The highest BCUT2D eigenvalue weighted by Crippen LogP contribution is 2.14. The number of imidazole rings is 1. The van der Waals surface area contributed by atoms with Crippen LogP contribution in [0.15, 0.2) is 30.5 Å². The van der Waals surface area contributed by atoms with Gasteiger partial charge in [-0.05, 0) is 24.5 Å². The molecule has 1 aromatic heterocycles. The van der Waals surface area contributed by atoms with E-state index in [9.17, 15) is 4.79 Å². The van der Waals surface area contributed by atoms with Crippen molar-refractivity contribution in [1.29, 1.82) is 0 Å². The van der Waals surface area contributed by atoms with Crippen molar-refractivity contribution in [3.8, 4) is 0 Å². The highest BCUT2D eigenvalue weighted by molar-refractivity contribution is 5.69. The van der Waals surface area contributed by atoms with Gasteiger partial charge in [0.2, 0.25) is 0 Å². The minimum absolute atomic E-state index is 0.0100. The quantitative estimate of drug-likeness (QED) is 0.820. The molecule has 2 N–H and O–H groups in total. The topological polar surface area (TPSA) is 69.2 Å². The number of nitrogens with one attached hydrogen (secondary N) is 1. The summed E-state index contributed by atoms with van der Waals surface area (Å²) < 4.78 is 0. The fourth-order valence-electron chi connectivity index (χ4n) is 2.45. The van der Waals surface area contributed by atoms with Crippen LogP contribution < -0.4 is 0 Å². The van der Waals surface area contributed by atoms with Gasteiger partial charge in [-0.25, -0.2) is 4.98 Å². The summed E-state index contributed by atoms with van der Waals surface area (Å²) in [6.07, 6.45) is 2.70. The van der Waals surface area contributed by atoms with Crippen LogP contribution in [0.1, 0.15) is 29.6 Å². The van der Waals surface area contributed by atoms with Gasteiger partial charge in [-0.2, -0.15) is 0 Å². The average Bonchev–Trinajstić information content (AvgIpc) is 2.84. The van der Waals surface area contributed by atoms with Crippen LogP contribution >= 0.6 is 0 Å². The number of rotatable bonds is 7. The lowest BCUT2D eigenvalue weighted by Gasteiger charge is -2.21. The highest BCUT2D eigenvalue weighted by atomic mass is 16.4. The molecule has 0 unspecified atom stereocenters. The summed E-state index contributed by atoms with van der Waals surface area (Å²) in [5, 5.41) is 9.10. The highest BCUT2D eigenvalue weighted by Gasteiger charge is 2.13. The number of hydrogen-bond acceptors (Lipinski definition) is 3. The van der Waals surface area contributed by atoms with Crippen LogP contribution in [0.2, 0.25) is 0 Å². The van der Waals surface area contributed by atoms with E-state index in [4.69, 9.17) is 5.11 Å². The van der Waals surface area contributed by atoms with Crippen LogP contribution in [0.5, 0.6) is 0 Å². The molecule has 0 saturated heterocycles. The maximum Gasteiger partial charge on any atom is 0.317 e. The molecule has 0 fully saturated rings. The molecule has 0 spiro atoms. The molecule has 1 heterocycles. The van der Waals surface area contributed by atoms with Gasteiger partial charge in [0, 0.05) is 25.0 Å². The Morgan fingerprint density at radius 3 is 2.57 bits per heavy atom. The Bertz CT molecular complexity index is 607. The first kappa shape index (κ1) is 15.3. The van der Waals surface area contributed by atoms with Gasteiger partial charge in [-0.1, -0.05) is 31.2 Å². The van der Waals surface area contributed by atoms with Crippen LogP contribution in [-0.4, -0.2) is 32.5 Å². The molecule has 112 valence electrons. The summed E-state index contributed by atoms with van der Waals surface area (Å²) in [5.74, 6) is 0.0226. The molecule has 5 heteroatoms. The second-order valence-corrected chi connectivity index (χ2v) is 5.16. The largest absolute Gasteiger partial charge is 0.480 e. The van der Waals surface area contributed by atoms with Crippen molar-refractivity contribution in [1.82, 2.24) is 14.9 Å². The maximum absolute atomic E-state index is 11.1. The number of carbonyl (C=O) groups is 1. The van der Waals surface area contributed by atoms with E-state index in [2.05, 4.69) is 29.0 Å². The number of H-pyrrole nitrogens is 1. The second-order valence-electron chi connectivity index (χ2n) is 5.16. The Morgan fingerprint density at radius 2 is 2.00 bits per heavy atom. The summed E-state index contributed by atoms with van der Waals surface area (Å²) >= 11 is 0. The zero-order valence-corrected chi connectivity index (χ0v) is 12.5. The van der Waals surface area contributed by atoms with E-state index in [1.165, 1.54) is 11.1 Å². The molecular weight excluding hydrogens is 266 g/mol. The number of benzene rings is 1. The molecule has 1 aromatic carbocycles. The van der Waals surface area contributed by atoms with E-state index in [1.807, 2.05) is 24.0 Å². The zero-order valence-electron chi connectivity index (χ0n) is 12.5. The predicted octanol–water partition coefficient (Wildman–Crippen LogP) is 2.37. The molecule has 21 heavy (non-hydrogen) atoms. The van der Waals surface area contributed by atoms with Gasteiger partial charge < -0.3 is 10.1 Å². The molecule has 0 amide bonds. The first-order valence-corrected chi connectivity index (χ1v) is 7.10. The Kier molecular flexibility index (Phi) is 5.11. The normalized spacial score (nSPS) is 11.0. The van der Waals surface area contributed by atoms with Crippen molar-refractivity contribution in [3.63, 3.8) is 0 Å². The van der Waals surface area contributed by atoms with Crippen LogP contribution in [0, 0.1) is 6.92 Å². The molecule has 0 aliphatic carbocycles. The number of carboxylic acids is 1. The van der Waals surface area contributed by atoms with Gasteiger partial charge in [0.25, 0.3) is 0 Å². The molecule has 2 aromatic rings. The second kappa shape index (κ2) is 7.04. The van der Waals surface area contributed by atoms with Crippen LogP contribution in [0.25, 0.3) is 0 Å². The van der Waals surface area contributed by atoms with E-state index < -0.39 is 5.97 Å². The van der Waals surface area contributed by atoms with Crippen LogP contribution in [0.4, 0.5) is 0 Å². The molecule has 2 rings (SSSR count). The smallest absolute Gasteiger partial charge is 0.317 e. The summed E-state index contributed by atoms with van der Waals surface area (Å²) in [4.78, 5) is 20.3. The Balaban J connectivity index is 2.14. The molecule has 0 aliphatic heterocycles. The number of aliphatic carboxylic acids is 1. The summed E-state index contributed by atoms with van der Waals surface area (Å²) in [7, 11) is 0. The third-order valence-corrected chi connectivity index (χ3v) is 3.40. The van der Waals surface area contributed by atoms with Gasteiger partial charge in [-0.15, -0.1) is 0 Å². The Morgan fingerprint density at radius 1 is 1.29 bits per heavy atom. The lowest BCUT2D eigenvalue weighted by molar-refractivity contribution is -0.138. The Labute approximate surface area is 124 Å². The number of nitrogens with zero attached hydrogens (tertiary/aromatic N) is 2. The monoisotopic (exact) mass is 287 g/mol. The summed E-state index contributed by atoms with van der Waals surface area (Å²) in [5.41, 5.74) is 3.37. The van der Waals surface area contributed by atoms with Gasteiger partial charge in [-0.3, -0.25) is 9.69 Å². The SMILES string of the molecule is CCc1ccccc1CN(CC(=O)O)Cc1cnc(C)[nH]1. The van der Waals surface area contributed by atoms with E-state index in [1.54, 1.807) is 6.20 Å². The van der Waals surface area contributed by atoms with Gasteiger partial charge in [0.15, 0.2) is 0 Å². The van der Waals surface area contributed by atoms with Gasteiger partial charge in [0.05, 0.1) is 6.54 Å². The minimum atomic E-state index is -0.819. The molecule has 0 aliphatic rings. The minimum Gasteiger partial charge on any atom is -0.480 e. The Hall–Kier alpha value is -2.14. The molecule has 5 nitrogen and oxygen atoms in total.